The molecule has 42 heavy (non-hydrogen) atoms. The second kappa shape index (κ2) is 10.9. The third-order valence-corrected chi connectivity index (χ3v) is 8.74. The fourth-order valence-electron chi connectivity index (χ4n) is 6.55. The maximum absolute atomic E-state index is 15.1. The molecule has 9 heteroatoms. The van der Waals surface area contributed by atoms with Gasteiger partial charge in [-0.2, -0.15) is 0 Å². The smallest absolute Gasteiger partial charge is 0.257 e. The van der Waals surface area contributed by atoms with Crippen molar-refractivity contribution >= 4 is 23.1 Å². The fourth-order valence-corrected chi connectivity index (χ4v) is 6.55. The fraction of sp³-hybridized carbons (Fsp3) is 0.333. The molecular formula is C33H32FN3O5. The minimum atomic E-state index is -1.36. The summed E-state index contributed by atoms with van der Waals surface area (Å²) in [6, 6.07) is 11.5. The van der Waals surface area contributed by atoms with Gasteiger partial charge in [-0.15, -0.1) is 0 Å². The Bertz CT molecular complexity index is 1800. The number of benzene rings is 2. The summed E-state index contributed by atoms with van der Waals surface area (Å²) in [5.41, 5.74) is 5.67. The highest BCUT2D eigenvalue weighted by atomic mass is 19.1. The number of pyridine rings is 2. The first-order valence-corrected chi connectivity index (χ1v) is 14.2. The molecule has 1 amide bonds. The zero-order valence-corrected chi connectivity index (χ0v) is 23.7. The number of aromatic nitrogens is 2. The van der Waals surface area contributed by atoms with Gasteiger partial charge in [0.2, 0.25) is 0 Å². The third kappa shape index (κ3) is 4.35. The Hall–Kier alpha value is -4.21. The second-order valence-electron chi connectivity index (χ2n) is 11.1. The van der Waals surface area contributed by atoms with Crippen LogP contribution in [0.15, 0.2) is 47.3 Å². The van der Waals surface area contributed by atoms with E-state index in [9.17, 15) is 19.5 Å². The van der Waals surface area contributed by atoms with Crippen molar-refractivity contribution in [1.82, 2.24) is 14.9 Å². The summed E-state index contributed by atoms with van der Waals surface area (Å²) in [7, 11) is 1.51. The molecule has 0 saturated carbocycles. The van der Waals surface area contributed by atoms with E-state index in [1.807, 2.05) is 19.1 Å². The molecule has 6 rings (SSSR count). The molecule has 1 aliphatic carbocycles. The maximum atomic E-state index is 15.1. The van der Waals surface area contributed by atoms with Crippen LogP contribution in [0, 0.1) is 12.7 Å². The van der Waals surface area contributed by atoms with E-state index in [1.165, 1.54) is 13.2 Å². The monoisotopic (exact) mass is 569 g/mol. The van der Waals surface area contributed by atoms with Crippen LogP contribution in [-0.4, -0.2) is 34.0 Å². The minimum absolute atomic E-state index is 0.0575. The highest BCUT2D eigenvalue weighted by Crippen LogP contribution is 2.45. The number of amides is 1. The Labute approximate surface area is 242 Å². The average molecular weight is 570 g/mol. The van der Waals surface area contributed by atoms with Gasteiger partial charge >= 0.3 is 0 Å². The Morgan fingerprint density at radius 1 is 1.26 bits per heavy atom. The Morgan fingerprint density at radius 3 is 2.71 bits per heavy atom. The molecule has 1 aliphatic heterocycles. The van der Waals surface area contributed by atoms with E-state index < -0.39 is 24.0 Å². The van der Waals surface area contributed by atoms with Crippen molar-refractivity contribution in [3.05, 3.63) is 97.6 Å². The van der Waals surface area contributed by atoms with E-state index in [1.54, 1.807) is 35.8 Å². The zero-order valence-electron chi connectivity index (χ0n) is 23.7. The van der Waals surface area contributed by atoms with Gasteiger partial charge < -0.3 is 24.5 Å². The number of aryl methyl sites for hydroxylation is 1. The van der Waals surface area contributed by atoms with Crippen molar-refractivity contribution in [3.63, 3.8) is 0 Å². The Balaban J connectivity index is 1.55. The molecule has 2 aromatic carbocycles. The molecule has 4 aromatic rings. The third-order valence-electron chi connectivity index (χ3n) is 8.74. The van der Waals surface area contributed by atoms with Gasteiger partial charge in [-0.05, 0) is 60.1 Å². The van der Waals surface area contributed by atoms with Gasteiger partial charge in [0.1, 0.15) is 12.1 Å². The number of nitrogens with zero attached hydrogens (tertiary/aromatic N) is 2. The molecule has 216 valence electrons. The SMILES string of the molecule is CCC(C=O)c1cc2n(c(=O)c1COC)Cc1c-2nc2cc(F)c(C)c3c2c1C(NC(=O)C(O)c1ccccc1)CC3. The number of nitrogens with one attached hydrogen (secondary N) is 1. The average Bonchev–Trinajstić information content (AvgIpc) is 3.37. The molecule has 0 spiro atoms. The van der Waals surface area contributed by atoms with Crippen molar-refractivity contribution < 1.29 is 23.8 Å². The van der Waals surface area contributed by atoms with E-state index in [0.717, 1.165) is 28.4 Å². The Morgan fingerprint density at radius 2 is 2.02 bits per heavy atom. The van der Waals surface area contributed by atoms with E-state index in [0.29, 0.717) is 58.4 Å². The second-order valence-corrected chi connectivity index (χ2v) is 11.1. The molecule has 0 radical (unpaired) electrons. The molecule has 2 N–H and O–H groups in total. The highest BCUT2D eigenvalue weighted by Gasteiger charge is 2.36. The molecule has 3 unspecified atom stereocenters. The van der Waals surface area contributed by atoms with Gasteiger partial charge in [-0.3, -0.25) is 9.59 Å². The lowest BCUT2D eigenvalue weighted by atomic mass is 9.81. The quantitative estimate of drug-likeness (QED) is 0.266. The normalized spacial score (nSPS) is 16.5. The van der Waals surface area contributed by atoms with E-state index in [4.69, 9.17) is 9.72 Å². The number of hydrogen-bond donors (Lipinski definition) is 2. The number of hydrogen-bond acceptors (Lipinski definition) is 6. The predicted molar refractivity (Wildman–Crippen MR) is 156 cm³/mol. The highest BCUT2D eigenvalue weighted by molar-refractivity contribution is 5.94. The standard InChI is InChI=1S/C33H32FN3O5/c1-4-18(15-38)21-12-27-30-22(14-37(27)33(41)23(21)16-42-3)29-25(36-32(40)31(39)19-8-6-5-7-9-19)11-10-20-17(2)24(34)13-26(35-30)28(20)29/h5-9,12-13,15,18,25,31,39H,4,10-11,14,16H2,1-3H3,(H,36,40). The van der Waals surface area contributed by atoms with Gasteiger partial charge in [0.15, 0.2) is 6.10 Å². The summed E-state index contributed by atoms with van der Waals surface area (Å²) in [4.78, 5) is 44.0. The molecule has 0 fully saturated rings. The minimum Gasteiger partial charge on any atom is -0.380 e. The molecule has 3 heterocycles. The van der Waals surface area contributed by atoms with Gasteiger partial charge in [0.25, 0.3) is 11.5 Å². The topological polar surface area (TPSA) is 111 Å². The summed E-state index contributed by atoms with van der Waals surface area (Å²) in [5, 5.41) is 14.6. The van der Waals surface area contributed by atoms with E-state index >= 15 is 4.39 Å². The Kier molecular flexibility index (Phi) is 7.24. The summed E-state index contributed by atoms with van der Waals surface area (Å²) >= 11 is 0. The van der Waals surface area contributed by atoms with Crippen molar-refractivity contribution in [2.75, 3.05) is 7.11 Å². The van der Waals surface area contributed by atoms with Crippen LogP contribution in [0.25, 0.3) is 22.3 Å². The van der Waals surface area contributed by atoms with Gasteiger partial charge in [-0.1, -0.05) is 37.3 Å². The lowest BCUT2D eigenvalue weighted by Gasteiger charge is -2.30. The van der Waals surface area contributed by atoms with Crippen molar-refractivity contribution in [3.8, 4) is 11.4 Å². The number of rotatable bonds is 8. The molecule has 0 saturated heterocycles. The molecular weight excluding hydrogens is 537 g/mol. The summed E-state index contributed by atoms with van der Waals surface area (Å²) in [5.74, 6) is -1.40. The number of halogens is 1. The first-order valence-electron chi connectivity index (χ1n) is 14.2. The van der Waals surface area contributed by atoms with Crippen molar-refractivity contribution in [1.29, 1.82) is 0 Å². The van der Waals surface area contributed by atoms with E-state index in [2.05, 4.69) is 5.32 Å². The molecule has 0 bridgehead atoms. The lowest BCUT2D eigenvalue weighted by Crippen LogP contribution is -2.35. The summed E-state index contributed by atoms with van der Waals surface area (Å²) in [6.07, 6.45) is 1.00. The van der Waals surface area contributed by atoms with Gasteiger partial charge in [-0.25, -0.2) is 9.37 Å². The number of fused-ring (bicyclic) bond motifs is 4. The summed E-state index contributed by atoms with van der Waals surface area (Å²) < 4.78 is 22.1. The van der Waals surface area contributed by atoms with Crippen molar-refractivity contribution in [2.24, 2.45) is 0 Å². The predicted octanol–water partition coefficient (Wildman–Crippen LogP) is 4.55. The van der Waals surface area contributed by atoms with Crippen LogP contribution < -0.4 is 10.9 Å². The van der Waals surface area contributed by atoms with Crippen LogP contribution in [0.5, 0.6) is 0 Å². The van der Waals surface area contributed by atoms with Crippen LogP contribution in [0.3, 0.4) is 0 Å². The van der Waals surface area contributed by atoms with Crippen LogP contribution in [0.4, 0.5) is 4.39 Å². The largest absolute Gasteiger partial charge is 0.380 e. The van der Waals surface area contributed by atoms with Crippen LogP contribution in [-0.2, 0) is 33.9 Å². The number of aliphatic hydroxyl groups excluding tert-OH is 1. The first kappa shape index (κ1) is 27.9. The first-order chi connectivity index (χ1) is 20.3. The number of ether oxygens (including phenoxy) is 1. The van der Waals surface area contributed by atoms with Crippen LogP contribution in [0.1, 0.15) is 76.8 Å². The maximum Gasteiger partial charge on any atom is 0.257 e. The lowest BCUT2D eigenvalue weighted by molar-refractivity contribution is -0.130. The number of aldehydes is 1. The van der Waals surface area contributed by atoms with Gasteiger partial charge in [0, 0.05) is 35.6 Å². The van der Waals surface area contributed by atoms with Gasteiger partial charge in [0.05, 0.1) is 36.1 Å². The van der Waals surface area contributed by atoms with Crippen LogP contribution >= 0.6 is 0 Å². The van der Waals surface area contributed by atoms with Crippen LogP contribution in [0.2, 0.25) is 0 Å². The molecule has 8 nitrogen and oxygen atoms in total. The van der Waals surface area contributed by atoms with E-state index in [-0.39, 0.29) is 24.5 Å². The zero-order chi connectivity index (χ0) is 29.7. The number of carbonyl (C=O) groups excluding carboxylic acids is 2. The van der Waals surface area contributed by atoms with Crippen molar-refractivity contribution in [2.45, 2.75) is 64.3 Å². The number of methoxy groups -OCH3 is 1. The number of aliphatic hydroxyl groups is 1. The molecule has 3 atom stereocenters. The molecule has 2 aromatic heterocycles. The number of carbonyl (C=O) groups is 2. The molecule has 2 aliphatic rings. The summed E-state index contributed by atoms with van der Waals surface area (Å²) in [6.45, 7) is 3.89.